The summed E-state index contributed by atoms with van der Waals surface area (Å²) in [5.74, 6) is -0.300. The van der Waals surface area contributed by atoms with Crippen LogP contribution in [-0.4, -0.2) is 50.2 Å². The summed E-state index contributed by atoms with van der Waals surface area (Å²) in [6.07, 6.45) is 3.14. The predicted octanol–water partition coefficient (Wildman–Crippen LogP) is 4.07. The summed E-state index contributed by atoms with van der Waals surface area (Å²) in [5.41, 5.74) is 1.36. The monoisotopic (exact) mass is 412 g/mol. The zero-order valence-corrected chi connectivity index (χ0v) is 18.2. The molecular formula is C22H28N4O4. The molecule has 0 N–H and O–H groups in total. The molecule has 0 spiro atoms. The Balaban J connectivity index is 1.94. The summed E-state index contributed by atoms with van der Waals surface area (Å²) >= 11 is 0. The third-order valence-corrected chi connectivity index (χ3v) is 4.78. The molecule has 0 aliphatic carbocycles. The number of pyridine rings is 1. The zero-order chi connectivity index (χ0) is 22.0. The van der Waals surface area contributed by atoms with Gasteiger partial charge in [0.15, 0.2) is 18.0 Å². The van der Waals surface area contributed by atoms with E-state index < -0.39 is 5.97 Å². The fourth-order valence-electron chi connectivity index (χ4n) is 3.57. The van der Waals surface area contributed by atoms with Crippen LogP contribution in [0.3, 0.4) is 0 Å². The summed E-state index contributed by atoms with van der Waals surface area (Å²) in [5, 5.41) is 4.94. The summed E-state index contributed by atoms with van der Waals surface area (Å²) in [6, 6.07) is 5.22. The highest BCUT2D eigenvalue weighted by molar-refractivity contribution is 6.04. The maximum absolute atomic E-state index is 12.9. The van der Waals surface area contributed by atoms with E-state index in [0.29, 0.717) is 28.1 Å². The Kier molecular flexibility index (Phi) is 6.24. The third-order valence-electron chi connectivity index (χ3n) is 4.78. The van der Waals surface area contributed by atoms with Gasteiger partial charge >= 0.3 is 5.97 Å². The van der Waals surface area contributed by atoms with Crippen LogP contribution in [0.25, 0.3) is 22.5 Å². The number of rotatable bonds is 7. The van der Waals surface area contributed by atoms with Gasteiger partial charge in [0, 0.05) is 18.1 Å². The number of carbonyl (C=O) groups is 2. The third kappa shape index (κ3) is 4.22. The van der Waals surface area contributed by atoms with Crippen molar-refractivity contribution in [2.75, 3.05) is 6.61 Å². The Labute approximate surface area is 175 Å². The molecule has 0 aliphatic rings. The van der Waals surface area contributed by atoms with Crippen molar-refractivity contribution in [3.8, 4) is 11.5 Å². The van der Waals surface area contributed by atoms with Crippen molar-refractivity contribution in [2.45, 2.75) is 59.7 Å². The predicted molar refractivity (Wildman–Crippen MR) is 113 cm³/mol. The van der Waals surface area contributed by atoms with Crippen molar-refractivity contribution in [1.29, 1.82) is 0 Å². The quantitative estimate of drug-likeness (QED) is 0.543. The van der Waals surface area contributed by atoms with Crippen molar-refractivity contribution in [3.63, 3.8) is 0 Å². The van der Waals surface area contributed by atoms with Gasteiger partial charge in [0.05, 0.1) is 23.4 Å². The fraction of sp³-hybridized carbons (Fsp3) is 0.455. The molecule has 160 valence electrons. The minimum Gasteiger partial charge on any atom is -0.463 e. The molecule has 8 nitrogen and oxygen atoms in total. The van der Waals surface area contributed by atoms with Crippen LogP contribution in [0.1, 0.15) is 57.9 Å². The van der Waals surface area contributed by atoms with Crippen molar-refractivity contribution in [1.82, 2.24) is 19.7 Å². The van der Waals surface area contributed by atoms with Crippen LogP contribution >= 0.6 is 0 Å². The Morgan fingerprint density at radius 1 is 1.17 bits per heavy atom. The number of amides is 1. The van der Waals surface area contributed by atoms with Crippen LogP contribution in [-0.2, 0) is 9.53 Å². The van der Waals surface area contributed by atoms with E-state index in [2.05, 4.69) is 10.1 Å². The maximum atomic E-state index is 12.9. The molecule has 3 aromatic heterocycles. The minimum absolute atomic E-state index is 0.0127. The van der Waals surface area contributed by atoms with E-state index in [1.807, 2.05) is 41.5 Å². The average molecular weight is 412 g/mol. The lowest BCUT2D eigenvalue weighted by atomic mass is 10.1. The maximum Gasteiger partial charge on any atom is 0.339 e. The molecular weight excluding hydrogens is 384 g/mol. The number of hydrogen-bond donors (Lipinski definition) is 0. The Morgan fingerprint density at radius 2 is 1.87 bits per heavy atom. The van der Waals surface area contributed by atoms with E-state index in [4.69, 9.17) is 9.15 Å². The van der Waals surface area contributed by atoms with Crippen LogP contribution in [0.5, 0.6) is 0 Å². The lowest BCUT2D eigenvalue weighted by molar-refractivity contribution is -0.138. The zero-order valence-electron chi connectivity index (χ0n) is 18.2. The SMILES string of the molecule is CC(C)N(C(=O)COC(=O)c1cc(-c2ccco2)nc2c1cnn2C(C)C)C(C)C. The van der Waals surface area contributed by atoms with E-state index in [1.54, 1.807) is 40.2 Å². The standard InChI is InChI=1S/C22H28N4O4/c1-13(2)25(14(3)4)20(27)12-30-22(28)16-10-18(19-8-7-9-29-19)24-21-17(16)11-23-26(21)15(5)6/h7-11,13-15H,12H2,1-6H3. The number of hydrogen-bond acceptors (Lipinski definition) is 6. The van der Waals surface area contributed by atoms with Crippen LogP contribution in [0, 0.1) is 0 Å². The van der Waals surface area contributed by atoms with E-state index in [0.717, 1.165) is 0 Å². The van der Waals surface area contributed by atoms with Gasteiger partial charge in [-0.2, -0.15) is 5.10 Å². The second-order valence-corrected chi connectivity index (χ2v) is 8.02. The van der Waals surface area contributed by atoms with Crippen molar-refractivity contribution < 1.29 is 18.7 Å². The molecule has 0 radical (unpaired) electrons. The summed E-state index contributed by atoms with van der Waals surface area (Å²) in [6.45, 7) is 11.4. The largest absolute Gasteiger partial charge is 0.463 e. The van der Waals surface area contributed by atoms with Gasteiger partial charge in [-0.3, -0.25) is 4.79 Å². The highest BCUT2D eigenvalue weighted by atomic mass is 16.5. The lowest BCUT2D eigenvalue weighted by Crippen LogP contribution is -2.44. The lowest BCUT2D eigenvalue weighted by Gasteiger charge is -2.30. The van der Waals surface area contributed by atoms with Crippen molar-refractivity contribution >= 4 is 22.9 Å². The van der Waals surface area contributed by atoms with E-state index in [-0.39, 0.29) is 30.6 Å². The Hall–Kier alpha value is -3.16. The number of aromatic nitrogens is 3. The fourth-order valence-corrected chi connectivity index (χ4v) is 3.57. The number of furan rings is 1. The molecule has 30 heavy (non-hydrogen) atoms. The van der Waals surface area contributed by atoms with Crippen molar-refractivity contribution in [3.05, 3.63) is 36.2 Å². The molecule has 0 unspecified atom stereocenters. The molecule has 0 bridgehead atoms. The van der Waals surface area contributed by atoms with Gasteiger partial charge in [0.1, 0.15) is 5.69 Å². The number of esters is 1. The number of nitrogens with zero attached hydrogens (tertiary/aromatic N) is 4. The first-order chi connectivity index (χ1) is 14.2. The van der Waals surface area contributed by atoms with E-state index in [1.165, 1.54) is 0 Å². The average Bonchev–Trinajstić information content (AvgIpc) is 3.34. The highest BCUT2D eigenvalue weighted by Crippen LogP contribution is 2.27. The second kappa shape index (κ2) is 8.69. The molecule has 0 saturated heterocycles. The molecule has 8 heteroatoms. The molecule has 3 rings (SSSR count). The molecule has 3 aromatic rings. The Morgan fingerprint density at radius 3 is 2.43 bits per heavy atom. The van der Waals surface area contributed by atoms with Gasteiger partial charge in [-0.05, 0) is 59.7 Å². The van der Waals surface area contributed by atoms with Gasteiger partial charge in [0.25, 0.3) is 5.91 Å². The normalized spacial score (nSPS) is 11.6. The van der Waals surface area contributed by atoms with Gasteiger partial charge in [-0.15, -0.1) is 0 Å². The van der Waals surface area contributed by atoms with E-state index in [9.17, 15) is 9.59 Å². The molecule has 0 aliphatic heterocycles. The number of carbonyl (C=O) groups excluding carboxylic acids is 2. The molecule has 3 heterocycles. The van der Waals surface area contributed by atoms with Gasteiger partial charge < -0.3 is 14.1 Å². The minimum atomic E-state index is -0.598. The first kappa shape index (κ1) is 21.5. The van der Waals surface area contributed by atoms with E-state index >= 15 is 0 Å². The summed E-state index contributed by atoms with van der Waals surface area (Å²) < 4.78 is 12.6. The van der Waals surface area contributed by atoms with Gasteiger partial charge in [-0.1, -0.05) is 0 Å². The summed E-state index contributed by atoms with van der Waals surface area (Å²) in [7, 11) is 0. The molecule has 0 fully saturated rings. The van der Waals surface area contributed by atoms with Crippen molar-refractivity contribution in [2.24, 2.45) is 0 Å². The topological polar surface area (TPSA) is 90.5 Å². The molecule has 0 aromatic carbocycles. The molecule has 0 atom stereocenters. The first-order valence-corrected chi connectivity index (χ1v) is 10.1. The molecule has 0 saturated carbocycles. The Bertz CT molecular complexity index is 1030. The van der Waals surface area contributed by atoms with Crippen LogP contribution in [0.4, 0.5) is 0 Å². The molecule has 1 amide bonds. The second-order valence-electron chi connectivity index (χ2n) is 8.02. The summed E-state index contributed by atoms with van der Waals surface area (Å²) in [4.78, 5) is 31.8. The highest BCUT2D eigenvalue weighted by Gasteiger charge is 2.24. The first-order valence-electron chi connectivity index (χ1n) is 10.1. The van der Waals surface area contributed by atoms with Crippen LogP contribution in [0.15, 0.2) is 35.1 Å². The number of fused-ring (bicyclic) bond motifs is 1. The smallest absolute Gasteiger partial charge is 0.339 e. The van der Waals surface area contributed by atoms with Crippen LogP contribution in [0.2, 0.25) is 0 Å². The number of ether oxygens (including phenoxy) is 1. The van der Waals surface area contributed by atoms with Gasteiger partial charge in [-0.25, -0.2) is 14.5 Å². The van der Waals surface area contributed by atoms with Gasteiger partial charge in [0.2, 0.25) is 0 Å². The van der Waals surface area contributed by atoms with Crippen LogP contribution < -0.4 is 0 Å².